The van der Waals surface area contributed by atoms with Gasteiger partial charge in [-0.3, -0.25) is 14.7 Å². The third-order valence-corrected chi connectivity index (χ3v) is 7.36. The number of fused-ring (bicyclic) bond motifs is 1. The fraction of sp³-hybridized carbons (Fsp3) is 0.143. The summed E-state index contributed by atoms with van der Waals surface area (Å²) in [6.07, 6.45) is 6.24. The van der Waals surface area contributed by atoms with E-state index in [2.05, 4.69) is 47.6 Å². The van der Waals surface area contributed by atoms with Gasteiger partial charge < -0.3 is 4.42 Å². The van der Waals surface area contributed by atoms with E-state index < -0.39 is 26.6 Å². The molecule has 2 aromatic carbocycles. The highest BCUT2D eigenvalue weighted by atomic mass is 32.2. The lowest BCUT2D eigenvalue weighted by Crippen LogP contribution is -2.15. The highest BCUT2D eigenvalue weighted by molar-refractivity contribution is 7.92. The standard InChI is InChI=1S/C28H23F2N3O3S/c1-28(2,3)20-6-4-17(5-7-20)23-16-32-14-19-11-25(36-27(19)23)18-10-22(15-31-13-18)33-37(34,35)26-9-8-21(29)12-24(26)30/h4-16,33H,1-3H3. The molecule has 6 nitrogen and oxygen atoms in total. The first-order valence-corrected chi connectivity index (χ1v) is 12.9. The molecule has 0 bridgehead atoms. The van der Waals surface area contributed by atoms with Gasteiger partial charge in [0.15, 0.2) is 0 Å². The molecule has 0 saturated heterocycles. The molecular weight excluding hydrogens is 496 g/mol. The van der Waals surface area contributed by atoms with Crippen LogP contribution < -0.4 is 4.72 Å². The lowest BCUT2D eigenvalue weighted by Gasteiger charge is -2.19. The molecule has 0 atom stereocenters. The molecule has 5 rings (SSSR count). The van der Waals surface area contributed by atoms with Crippen LogP contribution in [-0.2, 0) is 15.4 Å². The van der Waals surface area contributed by atoms with E-state index in [1.54, 1.807) is 18.5 Å². The summed E-state index contributed by atoms with van der Waals surface area (Å²) in [7, 11) is -4.31. The van der Waals surface area contributed by atoms with Crippen molar-refractivity contribution in [3.8, 4) is 22.5 Å². The maximum absolute atomic E-state index is 14.1. The molecule has 0 spiro atoms. The first kappa shape index (κ1) is 24.6. The highest BCUT2D eigenvalue weighted by Crippen LogP contribution is 2.35. The van der Waals surface area contributed by atoms with Crippen LogP contribution in [0.1, 0.15) is 26.3 Å². The van der Waals surface area contributed by atoms with Crippen LogP contribution >= 0.6 is 0 Å². The Morgan fingerprint density at radius 2 is 1.57 bits per heavy atom. The number of aromatic nitrogens is 2. The van der Waals surface area contributed by atoms with Crippen LogP contribution in [0.15, 0.2) is 88.7 Å². The fourth-order valence-electron chi connectivity index (χ4n) is 3.99. The quantitative estimate of drug-likeness (QED) is 0.272. The monoisotopic (exact) mass is 519 g/mol. The van der Waals surface area contributed by atoms with E-state index in [1.807, 2.05) is 12.1 Å². The Labute approximate surface area is 213 Å². The summed E-state index contributed by atoms with van der Waals surface area (Å²) in [6.45, 7) is 6.46. The van der Waals surface area contributed by atoms with E-state index >= 15 is 0 Å². The van der Waals surface area contributed by atoms with Gasteiger partial charge in [0.2, 0.25) is 0 Å². The maximum atomic E-state index is 14.1. The predicted octanol–water partition coefficient (Wildman–Crippen LogP) is 6.93. The van der Waals surface area contributed by atoms with Gasteiger partial charge in [0.25, 0.3) is 10.0 Å². The first-order chi connectivity index (χ1) is 17.5. The number of anilines is 1. The molecule has 1 N–H and O–H groups in total. The molecule has 0 aliphatic heterocycles. The average molecular weight is 520 g/mol. The van der Waals surface area contributed by atoms with Crippen LogP contribution in [0.25, 0.3) is 33.4 Å². The van der Waals surface area contributed by atoms with Crippen molar-refractivity contribution in [2.24, 2.45) is 0 Å². The first-order valence-electron chi connectivity index (χ1n) is 11.4. The van der Waals surface area contributed by atoms with Gasteiger partial charge in [-0.1, -0.05) is 45.0 Å². The number of benzene rings is 2. The molecule has 5 aromatic rings. The fourth-order valence-corrected chi connectivity index (χ4v) is 5.09. The average Bonchev–Trinajstić information content (AvgIpc) is 3.28. The van der Waals surface area contributed by atoms with Crippen LogP contribution in [0.2, 0.25) is 0 Å². The Bertz CT molecular complexity index is 1720. The zero-order valence-corrected chi connectivity index (χ0v) is 21.1. The van der Waals surface area contributed by atoms with E-state index in [4.69, 9.17) is 4.42 Å². The molecule has 3 aromatic heterocycles. The van der Waals surface area contributed by atoms with Gasteiger partial charge in [-0.2, -0.15) is 0 Å². The molecule has 0 fully saturated rings. The third-order valence-electron chi connectivity index (χ3n) is 5.94. The maximum Gasteiger partial charge on any atom is 0.264 e. The minimum absolute atomic E-state index is 0.0304. The van der Waals surface area contributed by atoms with Gasteiger partial charge in [0.05, 0.1) is 11.9 Å². The topological polar surface area (TPSA) is 85.1 Å². The van der Waals surface area contributed by atoms with Crippen LogP contribution in [0, 0.1) is 11.6 Å². The second-order valence-electron chi connectivity index (χ2n) is 9.69. The molecule has 0 saturated carbocycles. The van der Waals surface area contributed by atoms with Crippen LogP contribution in [0.3, 0.4) is 0 Å². The molecule has 0 amide bonds. The summed E-state index contributed by atoms with van der Waals surface area (Å²) in [6, 6.07) is 13.8. The zero-order chi connectivity index (χ0) is 26.4. The second-order valence-corrected chi connectivity index (χ2v) is 11.3. The molecule has 188 valence electrons. The number of hydrogen-bond donors (Lipinski definition) is 1. The molecule has 0 aliphatic carbocycles. The number of halogens is 2. The lowest BCUT2D eigenvalue weighted by atomic mass is 9.86. The van der Waals surface area contributed by atoms with E-state index in [9.17, 15) is 17.2 Å². The van der Waals surface area contributed by atoms with Crippen LogP contribution in [0.4, 0.5) is 14.5 Å². The summed E-state index contributed by atoms with van der Waals surface area (Å²) >= 11 is 0. The van der Waals surface area contributed by atoms with Gasteiger partial charge in [-0.05, 0) is 40.8 Å². The van der Waals surface area contributed by atoms with Crippen molar-refractivity contribution in [3.05, 3.63) is 96.6 Å². The second kappa shape index (κ2) is 9.08. The summed E-state index contributed by atoms with van der Waals surface area (Å²) in [5.74, 6) is -1.61. The Kier molecular flexibility index (Phi) is 6.03. The van der Waals surface area contributed by atoms with Crippen molar-refractivity contribution < 1.29 is 21.6 Å². The van der Waals surface area contributed by atoms with Crippen LogP contribution in [-0.4, -0.2) is 18.4 Å². The van der Waals surface area contributed by atoms with Crippen molar-refractivity contribution >= 4 is 26.7 Å². The van der Waals surface area contributed by atoms with Gasteiger partial charge in [0, 0.05) is 41.2 Å². The lowest BCUT2D eigenvalue weighted by molar-refractivity contribution is 0.551. The predicted molar refractivity (Wildman–Crippen MR) is 139 cm³/mol. The van der Waals surface area contributed by atoms with Gasteiger partial charge in [-0.15, -0.1) is 0 Å². The molecule has 0 radical (unpaired) electrons. The summed E-state index contributed by atoms with van der Waals surface area (Å²) in [5.41, 5.74) is 4.25. The molecule has 3 heterocycles. The van der Waals surface area contributed by atoms with E-state index in [1.165, 1.54) is 24.0 Å². The molecule has 0 unspecified atom stereocenters. The van der Waals surface area contributed by atoms with Gasteiger partial charge in [0.1, 0.15) is 27.9 Å². The number of furan rings is 1. The van der Waals surface area contributed by atoms with Crippen molar-refractivity contribution in [1.29, 1.82) is 0 Å². The number of nitrogens with one attached hydrogen (secondary N) is 1. The Morgan fingerprint density at radius 3 is 2.27 bits per heavy atom. The third kappa shape index (κ3) is 4.95. The Balaban J connectivity index is 1.48. The van der Waals surface area contributed by atoms with Crippen molar-refractivity contribution in [3.63, 3.8) is 0 Å². The molecular formula is C28H23F2N3O3S. The zero-order valence-electron chi connectivity index (χ0n) is 20.3. The van der Waals surface area contributed by atoms with E-state index in [0.29, 0.717) is 23.0 Å². The number of hydrogen-bond acceptors (Lipinski definition) is 5. The van der Waals surface area contributed by atoms with Gasteiger partial charge in [-0.25, -0.2) is 17.2 Å². The van der Waals surface area contributed by atoms with E-state index in [-0.39, 0.29) is 11.1 Å². The van der Waals surface area contributed by atoms with Crippen LogP contribution in [0.5, 0.6) is 0 Å². The number of pyridine rings is 2. The van der Waals surface area contributed by atoms with Crippen molar-refractivity contribution in [2.45, 2.75) is 31.1 Å². The smallest absolute Gasteiger partial charge is 0.264 e. The highest BCUT2D eigenvalue weighted by Gasteiger charge is 2.21. The van der Waals surface area contributed by atoms with Gasteiger partial charge >= 0.3 is 0 Å². The van der Waals surface area contributed by atoms with E-state index in [0.717, 1.165) is 28.6 Å². The summed E-state index contributed by atoms with van der Waals surface area (Å²) in [4.78, 5) is 7.78. The SMILES string of the molecule is CC(C)(C)c1ccc(-c2cncc3cc(-c4cncc(NS(=O)(=O)c5ccc(F)cc5F)c4)oc23)cc1. The summed E-state index contributed by atoms with van der Waals surface area (Å²) in [5, 5.41) is 0.770. The van der Waals surface area contributed by atoms with Crippen molar-refractivity contribution in [1.82, 2.24) is 9.97 Å². The normalized spacial score (nSPS) is 12.1. The number of rotatable bonds is 5. The molecule has 37 heavy (non-hydrogen) atoms. The largest absolute Gasteiger partial charge is 0.455 e. The minimum Gasteiger partial charge on any atom is -0.455 e. The summed E-state index contributed by atoms with van der Waals surface area (Å²) < 4.78 is 61.1. The minimum atomic E-state index is -4.31. The molecule has 9 heteroatoms. The number of nitrogens with zero attached hydrogens (tertiary/aromatic N) is 2. The van der Waals surface area contributed by atoms with Crippen molar-refractivity contribution in [2.75, 3.05) is 4.72 Å². The number of sulfonamides is 1. The Morgan fingerprint density at radius 1 is 0.838 bits per heavy atom. The molecule has 0 aliphatic rings. The Hall–Kier alpha value is -4.11.